The summed E-state index contributed by atoms with van der Waals surface area (Å²) in [5.74, 6) is -0.508. The van der Waals surface area contributed by atoms with Crippen LogP contribution in [0.1, 0.15) is 21.5 Å². The SMILES string of the molecule is CNC(=S)NNC(=O)c1cccc(S(=O)(=O)Nc2ccc(C)cc2C)c1. The Labute approximate surface area is 158 Å². The minimum Gasteiger partial charge on any atom is -0.364 e. The van der Waals surface area contributed by atoms with Gasteiger partial charge in [-0.25, -0.2) is 8.42 Å². The Morgan fingerprint density at radius 3 is 2.42 bits per heavy atom. The van der Waals surface area contributed by atoms with E-state index in [1.807, 2.05) is 26.0 Å². The molecule has 7 nitrogen and oxygen atoms in total. The third kappa shape index (κ3) is 4.93. The smallest absolute Gasteiger partial charge is 0.269 e. The number of carbonyl (C=O) groups is 1. The minimum absolute atomic E-state index is 0.0127. The second kappa shape index (κ2) is 8.15. The molecule has 2 rings (SSSR count). The first-order valence-corrected chi connectivity index (χ1v) is 9.60. The maximum Gasteiger partial charge on any atom is 0.269 e. The number of rotatable bonds is 4. The van der Waals surface area contributed by atoms with Crippen molar-refractivity contribution in [3.63, 3.8) is 0 Å². The summed E-state index contributed by atoms with van der Waals surface area (Å²) in [7, 11) is -2.22. The predicted octanol–water partition coefficient (Wildman–Crippen LogP) is 1.84. The summed E-state index contributed by atoms with van der Waals surface area (Å²) in [5.41, 5.74) is 7.41. The molecule has 0 aliphatic carbocycles. The van der Waals surface area contributed by atoms with Crippen LogP contribution in [0.4, 0.5) is 5.69 Å². The second-order valence-corrected chi connectivity index (χ2v) is 7.70. The average molecular weight is 393 g/mol. The molecule has 0 spiro atoms. The van der Waals surface area contributed by atoms with Crippen LogP contribution < -0.4 is 20.9 Å². The molecule has 2 aromatic carbocycles. The Balaban J connectivity index is 2.22. The lowest BCUT2D eigenvalue weighted by Crippen LogP contribution is -2.45. The van der Waals surface area contributed by atoms with E-state index in [9.17, 15) is 13.2 Å². The molecule has 0 heterocycles. The van der Waals surface area contributed by atoms with Gasteiger partial charge in [-0.15, -0.1) is 0 Å². The standard InChI is InChI=1S/C17H20N4O3S2/c1-11-7-8-15(12(2)9-11)21-26(23,24)14-6-4-5-13(10-14)16(22)19-20-17(25)18-3/h4-10,21H,1-3H3,(H,19,22)(H2,18,20,25). The Hall–Kier alpha value is -2.65. The minimum atomic E-state index is -3.83. The topological polar surface area (TPSA) is 99.3 Å². The van der Waals surface area contributed by atoms with E-state index >= 15 is 0 Å². The van der Waals surface area contributed by atoms with Crippen LogP contribution in [0.3, 0.4) is 0 Å². The van der Waals surface area contributed by atoms with Crippen molar-refractivity contribution >= 4 is 38.9 Å². The van der Waals surface area contributed by atoms with Crippen molar-refractivity contribution in [2.24, 2.45) is 0 Å². The van der Waals surface area contributed by atoms with Crippen molar-refractivity contribution in [2.75, 3.05) is 11.8 Å². The normalized spacial score (nSPS) is 10.7. The number of amides is 1. The summed E-state index contributed by atoms with van der Waals surface area (Å²) in [6.45, 7) is 3.76. The van der Waals surface area contributed by atoms with Crippen LogP contribution >= 0.6 is 12.2 Å². The van der Waals surface area contributed by atoms with E-state index in [0.29, 0.717) is 5.69 Å². The number of carbonyl (C=O) groups excluding carboxylic acids is 1. The Bertz CT molecular complexity index is 943. The van der Waals surface area contributed by atoms with Gasteiger partial charge in [-0.05, 0) is 55.9 Å². The van der Waals surface area contributed by atoms with Crippen molar-refractivity contribution in [1.82, 2.24) is 16.2 Å². The summed E-state index contributed by atoms with van der Waals surface area (Å²) in [4.78, 5) is 12.1. The van der Waals surface area contributed by atoms with E-state index in [1.165, 1.54) is 24.3 Å². The molecule has 4 N–H and O–H groups in total. The van der Waals surface area contributed by atoms with Crippen LogP contribution in [-0.4, -0.2) is 26.5 Å². The van der Waals surface area contributed by atoms with Crippen LogP contribution in [0.2, 0.25) is 0 Å². The summed E-state index contributed by atoms with van der Waals surface area (Å²) in [6.07, 6.45) is 0. The van der Waals surface area contributed by atoms with Crippen molar-refractivity contribution in [3.05, 3.63) is 59.2 Å². The van der Waals surface area contributed by atoms with Crippen molar-refractivity contribution in [2.45, 2.75) is 18.7 Å². The Kier molecular flexibility index (Phi) is 6.17. The molecule has 0 atom stereocenters. The number of anilines is 1. The molecule has 0 aromatic heterocycles. The van der Waals surface area contributed by atoms with E-state index in [-0.39, 0.29) is 15.6 Å². The number of hydrogen-bond donors (Lipinski definition) is 4. The number of thiocarbonyl (C=S) groups is 1. The second-order valence-electron chi connectivity index (χ2n) is 5.61. The van der Waals surface area contributed by atoms with Crippen molar-refractivity contribution < 1.29 is 13.2 Å². The highest BCUT2D eigenvalue weighted by Gasteiger charge is 2.17. The molecular formula is C17H20N4O3S2. The van der Waals surface area contributed by atoms with E-state index in [0.717, 1.165) is 11.1 Å². The van der Waals surface area contributed by atoms with E-state index in [2.05, 4.69) is 20.9 Å². The highest BCUT2D eigenvalue weighted by Crippen LogP contribution is 2.21. The van der Waals surface area contributed by atoms with E-state index in [4.69, 9.17) is 12.2 Å². The number of hydrogen-bond acceptors (Lipinski definition) is 4. The Morgan fingerprint density at radius 1 is 1.04 bits per heavy atom. The van der Waals surface area contributed by atoms with Crippen LogP contribution in [0.5, 0.6) is 0 Å². The fourth-order valence-corrected chi connectivity index (χ4v) is 3.41. The highest BCUT2D eigenvalue weighted by molar-refractivity contribution is 7.92. The van der Waals surface area contributed by atoms with Gasteiger partial charge in [0.15, 0.2) is 5.11 Å². The molecule has 0 bridgehead atoms. The average Bonchev–Trinajstić information content (AvgIpc) is 2.61. The van der Waals surface area contributed by atoms with Gasteiger partial charge in [0.1, 0.15) is 0 Å². The molecular weight excluding hydrogens is 372 g/mol. The van der Waals surface area contributed by atoms with Gasteiger partial charge in [-0.2, -0.15) is 0 Å². The molecule has 0 fully saturated rings. The molecule has 1 amide bonds. The maximum atomic E-state index is 12.6. The van der Waals surface area contributed by atoms with E-state index < -0.39 is 15.9 Å². The fraction of sp³-hybridized carbons (Fsp3) is 0.176. The third-order valence-electron chi connectivity index (χ3n) is 3.55. The summed E-state index contributed by atoms with van der Waals surface area (Å²) < 4.78 is 27.8. The van der Waals surface area contributed by atoms with Crippen LogP contribution in [0.15, 0.2) is 47.4 Å². The van der Waals surface area contributed by atoms with Crippen LogP contribution in [0.25, 0.3) is 0 Å². The Morgan fingerprint density at radius 2 is 1.77 bits per heavy atom. The fourth-order valence-electron chi connectivity index (χ4n) is 2.18. The summed E-state index contributed by atoms with van der Waals surface area (Å²) in [5, 5.41) is 2.88. The lowest BCUT2D eigenvalue weighted by molar-refractivity contribution is 0.0943. The first-order valence-electron chi connectivity index (χ1n) is 7.71. The summed E-state index contributed by atoms with van der Waals surface area (Å²) in [6, 6.07) is 11.2. The molecule has 26 heavy (non-hydrogen) atoms. The van der Waals surface area contributed by atoms with Gasteiger partial charge in [0.05, 0.1) is 10.6 Å². The number of sulfonamides is 1. The monoisotopic (exact) mass is 392 g/mol. The zero-order chi connectivity index (χ0) is 19.3. The summed E-state index contributed by atoms with van der Waals surface area (Å²) >= 11 is 4.86. The molecule has 0 saturated heterocycles. The molecule has 0 aliphatic rings. The number of aryl methyl sites for hydroxylation is 2. The van der Waals surface area contributed by atoms with Gasteiger partial charge in [-0.1, -0.05) is 23.8 Å². The lowest BCUT2D eigenvalue weighted by atomic mass is 10.1. The number of nitrogens with one attached hydrogen (secondary N) is 4. The van der Waals surface area contributed by atoms with Gasteiger partial charge in [0, 0.05) is 12.6 Å². The first-order chi connectivity index (χ1) is 12.2. The van der Waals surface area contributed by atoms with Crippen LogP contribution in [-0.2, 0) is 10.0 Å². The van der Waals surface area contributed by atoms with Crippen LogP contribution in [0, 0.1) is 13.8 Å². The van der Waals surface area contributed by atoms with E-state index in [1.54, 1.807) is 13.1 Å². The zero-order valence-electron chi connectivity index (χ0n) is 14.6. The predicted molar refractivity (Wildman–Crippen MR) is 105 cm³/mol. The van der Waals surface area contributed by atoms with Gasteiger partial charge >= 0.3 is 0 Å². The molecule has 0 unspecified atom stereocenters. The molecule has 0 saturated carbocycles. The zero-order valence-corrected chi connectivity index (χ0v) is 16.2. The quantitative estimate of drug-likeness (QED) is 0.468. The van der Waals surface area contributed by atoms with Crippen molar-refractivity contribution in [3.8, 4) is 0 Å². The molecule has 0 aliphatic heterocycles. The van der Waals surface area contributed by atoms with Gasteiger partial charge in [-0.3, -0.25) is 20.4 Å². The third-order valence-corrected chi connectivity index (χ3v) is 5.22. The highest BCUT2D eigenvalue weighted by atomic mass is 32.2. The molecule has 138 valence electrons. The molecule has 2 aromatic rings. The van der Waals surface area contributed by atoms with Gasteiger partial charge < -0.3 is 5.32 Å². The largest absolute Gasteiger partial charge is 0.364 e. The van der Waals surface area contributed by atoms with Crippen molar-refractivity contribution in [1.29, 1.82) is 0 Å². The first kappa shape index (κ1) is 19.7. The lowest BCUT2D eigenvalue weighted by Gasteiger charge is -2.12. The van der Waals surface area contributed by atoms with Gasteiger partial charge in [0.25, 0.3) is 15.9 Å². The molecule has 9 heteroatoms. The maximum absolute atomic E-state index is 12.6. The number of benzene rings is 2. The molecule has 0 radical (unpaired) electrons. The van der Waals surface area contributed by atoms with Gasteiger partial charge in [0.2, 0.25) is 0 Å². The number of hydrazine groups is 1.